The predicted octanol–water partition coefficient (Wildman–Crippen LogP) is 1.93. The smallest absolute Gasteiger partial charge is 0.337 e. The summed E-state index contributed by atoms with van der Waals surface area (Å²) in [7, 11) is 1.27. The summed E-state index contributed by atoms with van der Waals surface area (Å²) in [5.74, 6) is -0.979. The van der Waals surface area contributed by atoms with Gasteiger partial charge in [0.05, 0.1) is 31.5 Å². The Balaban J connectivity index is 2.47. The van der Waals surface area contributed by atoms with Gasteiger partial charge in [-0.05, 0) is 31.2 Å². The molecule has 2 rings (SSSR count). The van der Waals surface area contributed by atoms with Crippen molar-refractivity contribution in [2.45, 2.75) is 13.5 Å². The molecular formula is C17H16N4O5. The molecule has 0 aliphatic carbocycles. The summed E-state index contributed by atoms with van der Waals surface area (Å²) in [5, 5.41) is 36.4. The number of nitrogens with zero attached hydrogens (tertiary/aromatic N) is 4. The molecule has 0 aliphatic heterocycles. The average molecular weight is 356 g/mol. The number of carbonyl (C=O) groups is 1. The van der Waals surface area contributed by atoms with Crippen LogP contribution in [0.4, 0.5) is 11.4 Å². The van der Waals surface area contributed by atoms with Crippen molar-refractivity contribution >= 4 is 17.3 Å². The van der Waals surface area contributed by atoms with Crippen molar-refractivity contribution < 1.29 is 19.7 Å². The van der Waals surface area contributed by atoms with Gasteiger partial charge in [0.2, 0.25) is 5.88 Å². The molecule has 0 unspecified atom stereocenters. The number of hydrogen-bond donors (Lipinski definition) is 2. The van der Waals surface area contributed by atoms with Gasteiger partial charge in [0.15, 0.2) is 5.69 Å². The maximum Gasteiger partial charge on any atom is 0.337 e. The molecule has 26 heavy (non-hydrogen) atoms. The fraction of sp³-hybridized carbons (Fsp3) is 0.235. The first-order valence-corrected chi connectivity index (χ1v) is 7.52. The number of esters is 1. The first-order valence-electron chi connectivity index (χ1n) is 7.52. The van der Waals surface area contributed by atoms with Crippen molar-refractivity contribution in [1.82, 2.24) is 4.57 Å². The van der Waals surface area contributed by atoms with Crippen LogP contribution in [0.15, 0.2) is 39.3 Å². The first kappa shape index (κ1) is 18.8. The zero-order valence-corrected chi connectivity index (χ0v) is 14.1. The number of ether oxygens (including phenoxy) is 1. The molecule has 1 aromatic heterocycles. The summed E-state index contributed by atoms with van der Waals surface area (Å²) in [6.45, 7) is 0.889. The van der Waals surface area contributed by atoms with Gasteiger partial charge in [-0.15, -0.1) is 5.11 Å². The van der Waals surface area contributed by atoms with Gasteiger partial charge in [0.1, 0.15) is 11.6 Å². The van der Waals surface area contributed by atoms with Gasteiger partial charge in [-0.2, -0.15) is 10.4 Å². The maximum atomic E-state index is 12.1. The molecule has 0 saturated heterocycles. The molecule has 0 saturated carbocycles. The number of aromatic nitrogens is 1. The highest BCUT2D eigenvalue weighted by Gasteiger charge is 2.18. The van der Waals surface area contributed by atoms with E-state index < -0.39 is 24.0 Å². The highest BCUT2D eigenvalue weighted by molar-refractivity contribution is 5.89. The van der Waals surface area contributed by atoms with E-state index in [2.05, 4.69) is 15.0 Å². The van der Waals surface area contributed by atoms with Crippen molar-refractivity contribution in [1.29, 1.82) is 5.26 Å². The second kappa shape index (κ2) is 8.04. The summed E-state index contributed by atoms with van der Waals surface area (Å²) >= 11 is 0. The average Bonchev–Trinajstić information content (AvgIpc) is 2.65. The Hall–Kier alpha value is -3.51. The van der Waals surface area contributed by atoms with Crippen LogP contribution in [-0.4, -0.2) is 34.5 Å². The zero-order valence-electron chi connectivity index (χ0n) is 14.1. The van der Waals surface area contributed by atoms with Crippen LogP contribution in [0.2, 0.25) is 0 Å². The third kappa shape index (κ3) is 3.60. The Bertz CT molecular complexity index is 955. The molecule has 2 N–H and O–H groups in total. The lowest BCUT2D eigenvalue weighted by atomic mass is 10.1. The van der Waals surface area contributed by atoms with Crippen molar-refractivity contribution in [3.63, 3.8) is 0 Å². The number of rotatable bonds is 5. The number of azo groups is 1. The second-order valence-corrected chi connectivity index (χ2v) is 5.20. The van der Waals surface area contributed by atoms with Gasteiger partial charge in [-0.3, -0.25) is 9.36 Å². The molecule has 1 aromatic carbocycles. The Morgan fingerprint density at radius 2 is 1.96 bits per heavy atom. The van der Waals surface area contributed by atoms with Crippen molar-refractivity contribution in [2.75, 3.05) is 13.7 Å². The van der Waals surface area contributed by atoms with Crippen LogP contribution < -0.4 is 5.56 Å². The van der Waals surface area contributed by atoms with Crippen LogP contribution >= 0.6 is 0 Å². The summed E-state index contributed by atoms with van der Waals surface area (Å²) in [6, 6.07) is 7.83. The molecule has 0 radical (unpaired) electrons. The monoisotopic (exact) mass is 356 g/mol. The van der Waals surface area contributed by atoms with Gasteiger partial charge >= 0.3 is 5.97 Å². The molecule has 134 valence electrons. The quantitative estimate of drug-likeness (QED) is 0.620. The number of aliphatic hydroxyl groups excluding tert-OH is 1. The van der Waals surface area contributed by atoms with E-state index in [0.717, 1.165) is 4.57 Å². The Morgan fingerprint density at radius 3 is 2.50 bits per heavy atom. The normalized spacial score (nSPS) is 10.7. The topological polar surface area (TPSA) is 137 Å². The van der Waals surface area contributed by atoms with Gasteiger partial charge in [-0.25, -0.2) is 4.79 Å². The van der Waals surface area contributed by atoms with E-state index in [1.807, 2.05) is 0 Å². The number of methoxy groups -OCH3 is 1. The van der Waals surface area contributed by atoms with Crippen molar-refractivity contribution in [3.05, 3.63) is 51.3 Å². The molecule has 0 bridgehead atoms. The molecule has 0 fully saturated rings. The van der Waals surface area contributed by atoms with Crippen molar-refractivity contribution in [3.8, 4) is 11.9 Å². The minimum absolute atomic E-state index is 0.0494. The number of hydrogen-bond acceptors (Lipinski definition) is 8. The molecule has 0 aliphatic rings. The van der Waals surface area contributed by atoms with Gasteiger partial charge in [0, 0.05) is 5.56 Å². The SMILES string of the molecule is COC(=O)c1ccc(/N=N/c2c(C)c(C#N)c(=O)n(CCO)c2O)cc1. The van der Waals surface area contributed by atoms with Crippen LogP contribution in [0, 0.1) is 18.3 Å². The van der Waals surface area contributed by atoms with E-state index in [9.17, 15) is 20.0 Å². The highest BCUT2D eigenvalue weighted by atomic mass is 16.5. The molecule has 2 aromatic rings. The second-order valence-electron chi connectivity index (χ2n) is 5.20. The molecule has 9 nitrogen and oxygen atoms in total. The minimum atomic E-state index is -0.710. The van der Waals surface area contributed by atoms with Crippen LogP contribution in [0.5, 0.6) is 5.88 Å². The Labute approximate surface area is 148 Å². The summed E-state index contributed by atoms with van der Waals surface area (Å²) in [5.41, 5.74) is -0.0430. The number of benzene rings is 1. The minimum Gasteiger partial charge on any atom is -0.493 e. The predicted molar refractivity (Wildman–Crippen MR) is 90.9 cm³/mol. The molecule has 9 heteroatoms. The highest BCUT2D eigenvalue weighted by Crippen LogP contribution is 2.32. The van der Waals surface area contributed by atoms with E-state index in [-0.39, 0.29) is 23.4 Å². The van der Waals surface area contributed by atoms with Crippen molar-refractivity contribution in [2.24, 2.45) is 10.2 Å². The molecule has 0 amide bonds. The first-order chi connectivity index (χ1) is 12.4. The number of aromatic hydroxyl groups is 1. The standard InChI is InChI=1S/C17H16N4O5/c1-10-13(9-18)15(23)21(7-8-22)16(24)14(10)20-19-12-5-3-11(4-6-12)17(25)26-2/h3-6,22,24H,7-8H2,1-2H3/b20-19+. The third-order valence-electron chi connectivity index (χ3n) is 3.65. The van der Waals surface area contributed by atoms with Crippen LogP contribution in [0.25, 0.3) is 0 Å². The third-order valence-corrected chi connectivity index (χ3v) is 3.65. The lowest BCUT2D eigenvalue weighted by Crippen LogP contribution is -2.25. The largest absolute Gasteiger partial charge is 0.493 e. The molecule has 0 spiro atoms. The maximum absolute atomic E-state index is 12.1. The molecule has 0 atom stereocenters. The molecule has 1 heterocycles. The van der Waals surface area contributed by atoms with Crippen LogP contribution in [0.3, 0.4) is 0 Å². The fourth-order valence-corrected chi connectivity index (χ4v) is 2.25. The van der Waals surface area contributed by atoms with E-state index in [4.69, 9.17) is 5.11 Å². The van der Waals surface area contributed by atoms with E-state index in [0.29, 0.717) is 11.3 Å². The van der Waals surface area contributed by atoms with Gasteiger partial charge in [-0.1, -0.05) is 0 Å². The van der Waals surface area contributed by atoms with E-state index in [1.54, 1.807) is 6.07 Å². The van der Waals surface area contributed by atoms with Crippen LogP contribution in [0.1, 0.15) is 21.5 Å². The summed E-state index contributed by atoms with van der Waals surface area (Å²) in [4.78, 5) is 23.5. The summed E-state index contributed by atoms with van der Waals surface area (Å²) in [6.07, 6.45) is 0. The lowest BCUT2D eigenvalue weighted by Gasteiger charge is -2.11. The number of nitriles is 1. The fourth-order valence-electron chi connectivity index (χ4n) is 2.25. The number of aliphatic hydroxyl groups is 1. The molecular weight excluding hydrogens is 340 g/mol. The number of carbonyl (C=O) groups excluding carboxylic acids is 1. The van der Waals surface area contributed by atoms with Crippen LogP contribution in [-0.2, 0) is 11.3 Å². The summed E-state index contributed by atoms with van der Waals surface area (Å²) < 4.78 is 5.46. The van der Waals surface area contributed by atoms with Gasteiger partial charge < -0.3 is 14.9 Å². The van der Waals surface area contributed by atoms with E-state index >= 15 is 0 Å². The van der Waals surface area contributed by atoms with Gasteiger partial charge in [0.25, 0.3) is 5.56 Å². The van der Waals surface area contributed by atoms with E-state index in [1.165, 1.54) is 38.3 Å². The Morgan fingerprint density at radius 1 is 1.31 bits per heavy atom. The Kier molecular flexibility index (Phi) is 5.82. The number of pyridine rings is 1. The lowest BCUT2D eigenvalue weighted by molar-refractivity contribution is 0.0600. The zero-order chi connectivity index (χ0) is 19.3.